The van der Waals surface area contributed by atoms with Crippen molar-refractivity contribution in [1.29, 1.82) is 0 Å². The highest BCUT2D eigenvalue weighted by Gasteiger charge is 2.23. The molecule has 0 bridgehead atoms. The number of anilines is 1. The van der Waals surface area contributed by atoms with Crippen molar-refractivity contribution >= 4 is 23.3 Å². The van der Waals surface area contributed by atoms with Crippen LogP contribution < -0.4 is 9.64 Å². The topological polar surface area (TPSA) is 58.6 Å². The molecule has 0 aliphatic carbocycles. The van der Waals surface area contributed by atoms with Crippen LogP contribution >= 0.6 is 11.6 Å². The number of aromatic nitrogens is 2. The van der Waals surface area contributed by atoms with Crippen LogP contribution in [0.5, 0.6) is 5.75 Å². The molecule has 1 aromatic heterocycles. The Morgan fingerprint density at radius 2 is 1.93 bits per heavy atom. The minimum Gasteiger partial charge on any atom is -0.482 e. The molecule has 0 unspecified atom stereocenters. The summed E-state index contributed by atoms with van der Waals surface area (Å²) in [7, 11) is 0. The minimum atomic E-state index is -0.444. The predicted molar refractivity (Wildman–Crippen MR) is 107 cm³/mol. The van der Waals surface area contributed by atoms with Gasteiger partial charge in [-0.25, -0.2) is 14.4 Å². The van der Waals surface area contributed by atoms with E-state index >= 15 is 0 Å². The number of nitrogens with zero attached hydrogens (tertiary/aromatic N) is 4. The molecular weight excluding hydrogens is 383 g/mol. The summed E-state index contributed by atoms with van der Waals surface area (Å²) in [5.74, 6) is 1.72. The molecule has 150 valence electrons. The SMILES string of the molecule is Cc1cc(N2CCN(C(=O)COc3ccc(F)cc3Cl)CC2)nc(C(C)C)n1. The van der Waals surface area contributed by atoms with Gasteiger partial charge in [0.15, 0.2) is 6.61 Å². The standard InChI is InChI=1S/C20H24ClFN4O2/c1-13(2)20-23-14(3)10-18(24-20)25-6-8-26(9-7-25)19(27)12-28-17-5-4-15(22)11-16(17)21/h4-5,10-11,13H,6-9,12H2,1-3H3. The van der Waals surface area contributed by atoms with Gasteiger partial charge in [-0.1, -0.05) is 25.4 Å². The summed E-state index contributed by atoms with van der Waals surface area (Å²) < 4.78 is 18.5. The molecule has 0 N–H and O–H groups in total. The van der Waals surface area contributed by atoms with Gasteiger partial charge in [-0.2, -0.15) is 0 Å². The Labute approximate surface area is 169 Å². The molecule has 1 aliphatic rings. The molecule has 6 nitrogen and oxygen atoms in total. The first-order valence-electron chi connectivity index (χ1n) is 9.29. The molecule has 1 amide bonds. The van der Waals surface area contributed by atoms with Crippen molar-refractivity contribution in [2.24, 2.45) is 0 Å². The Hall–Kier alpha value is -2.41. The van der Waals surface area contributed by atoms with Gasteiger partial charge in [-0.3, -0.25) is 4.79 Å². The lowest BCUT2D eigenvalue weighted by atomic mass is 10.2. The van der Waals surface area contributed by atoms with E-state index in [1.807, 2.05) is 13.0 Å². The van der Waals surface area contributed by atoms with Gasteiger partial charge >= 0.3 is 0 Å². The molecule has 0 saturated carbocycles. The largest absolute Gasteiger partial charge is 0.482 e. The summed E-state index contributed by atoms with van der Waals surface area (Å²) in [5, 5.41) is 0.151. The van der Waals surface area contributed by atoms with Gasteiger partial charge in [-0.05, 0) is 25.1 Å². The smallest absolute Gasteiger partial charge is 0.260 e. The van der Waals surface area contributed by atoms with Gasteiger partial charge < -0.3 is 14.5 Å². The Balaban J connectivity index is 1.55. The second kappa shape index (κ2) is 8.73. The zero-order valence-electron chi connectivity index (χ0n) is 16.3. The Morgan fingerprint density at radius 1 is 1.21 bits per heavy atom. The summed E-state index contributed by atoms with van der Waals surface area (Å²) in [4.78, 5) is 25.5. The maximum Gasteiger partial charge on any atom is 0.260 e. The number of amides is 1. The van der Waals surface area contributed by atoms with Crippen molar-refractivity contribution in [2.45, 2.75) is 26.7 Å². The van der Waals surface area contributed by atoms with Crippen LogP contribution in [-0.2, 0) is 4.79 Å². The van der Waals surface area contributed by atoms with E-state index in [4.69, 9.17) is 16.3 Å². The molecule has 1 fully saturated rings. The van der Waals surface area contributed by atoms with Gasteiger partial charge in [0.25, 0.3) is 5.91 Å². The van der Waals surface area contributed by atoms with Crippen LogP contribution in [-0.4, -0.2) is 53.6 Å². The highest BCUT2D eigenvalue weighted by molar-refractivity contribution is 6.32. The van der Waals surface area contributed by atoms with Crippen LogP contribution in [0.1, 0.15) is 31.3 Å². The molecule has 1 saturated heterocycles. The molecule has 8 heteroatoms. The summed E-state index contributed by atoms with van der Waals surface area (Å²) in [6.07, 6.45) is 0. The average molecular weight is 407 g/mol. The molecular formula is C20H24ClFN4O2. The quantitative estimate of drug-likeness (QED) is 0.761. The van der Waals surface area contributed by atoms with Gasteiger partial charge in [0.2, 0.25) is 0 Å². The van der Waals surface area contributed by atoms with E-state index in [1.165, 1.54) is 12.1 Å². The van der Waals surface area contributed by atoms with Crippen LogP contribution in [0.4, 0.5) is 10.2 Å². The summed E-state index contributed by atoms with van der Waals surface area (Å²) in [5.41, 5.74) is 0.941. The highest BCUT2D eigenvalue weighted by atomic mass is 35.5. The third-order valence-electron chi connectivity index (χ3n) is 4.58. The fraction of sp³-hybridized carbons (Fsp3) is 0.450. The van der Waals surface area contributed by atoms with Crippen LogP contribution in [0.3, 0.4) is 0 Å². The van der Waals surface area contributed by atoms with E-state index in [2.05, 4.69) is 28.7 Å². The van der Waals surface area contributed by atoms with Crippen LogP contribution in [0.15, 0.2) is 24.3 Å². The maximum atomic E-state index is 13.1. The van der Waals surface area contributed by atoms with E-state index in [0.717, 1.165) is 23.4 Å². The number of benzene rings is 1. The fourth-order valence-electron chi connectivity index (χ4n) is 3.00. The molecule has 0 spiro atoms. The van der Waals surface area contributed by atoms with Gasteiger partial charge in [0, 0.05) is 43.9 Å². The van der Waals surface area contributed by atoms with Crippen molar-refractivity contribution in [3.63, 3.8) is 0 Å². The lowest BCUT2D eigenvalue weighted by Gasteiger charge is -2.35. The van der Waals surface area contributed by atoms with Gasteiger partial charge in [0.1, 0.15) is 23.2 Å². The Bertz CT molecular complexity index is 854. The Morgan fingerprint density at radius 3 is 2.57 bits per heavy atom. The lowest BCUT2D eigenvalue weighted by Crippen LogP contribution is -2.50. The van der Waals surface area contributed by atoms with Crippen molar-refractivity contribution in [3.05, 3.63) is 46.6 Å². The maximum absolute atomic E-state index is 13.1. The molecule has 28 heavy (non-hydrogen) atoms. The number of ether oxygens (including phenoxy) is 1. The van der Waals surface area contributed by atoms with Crippen molar-refractivity contribution in [1.82, 2.24) is 14.9 Å². The second-order valence-corrected chi connectivity index (χ2v) is 7.52. The third kappa shape index (κ3) is 4.90. The number of carbonyl (C=O) groups excluding carboxylic acids is 1. The third-order valence-corrected chi connectivity index (χ3v) is 4.87. The lowest BCUT2D eigenvalue weighted by molar-refractivity contribution is -0.133. The first kappa shape index (κ1) is 20.3. The molecule has 0 radical (unpaired) electrons. The zero-order chi connectivity index (χ0) is 20.3. The van der Waals surface area contributed by atoms with E-state index in [9.17, 15) is 9.18 Å². The summed E-state index contributed by atoms with van der Waals surface area (Å²) in [6, 6.07) is 5.81. The number of piperazine rings is 1. The van der Waals surface area contributed by atoms with E-state index < -0.39 is 5.82 Å². The first-order valence-corrected chi connectivity index (χ1v) is 9.67. The summed E-state index contributed by atoms with van der Waals surface area (Å²) >= 11 is 5.92. The average Bonchev–Trinajstić information content (AvgIpc) is 2.66. The van der Waals surface area contributed by atoms with Crippen LogP contribution in [0, 0.1) is 12.7 Å². The molecule has 0 atom stereocenters. The minimum absolute atomic E-state index is 0.123. The highest BCUT2D eigenvalue weighted by Crippen LogP contribution is 2.25. The van der Waals surface area contributed by atoms with Gasteiger partial charge in [0.05, 0.1) is 5.02 Å². The molecule has 1 aromatic carbocycles. The predicted octanol–water partition coefficient (Wildman–Crippen LogP) is 3.43. The van der Waals surface area contributed by atoms with Crippen molar-refractivity contribution < 1.29 is 13.9 Å². The first-order chi connectivity index (χ1) is 13.3. The number of aryl methyl sites for hydroxylation is 1. The molecule has 2 heterocycles. The van der Waals surface area contributed by atoms with E-state index in [-0.39, 0.29) is 23.5 Å². The van der Waals surface area contributed by atoms with Gasteiger partial charge in [-0.15, -0.1) is 0 Å². The van der Waals surface area contributed by atoms with Crippen LogP contribution in [0.2, 0.25) is 5.02 Å². The second-order valence-electron chi connectivity index (χ2n) is 7.11. The monoisotopic (exact) mass is 406 g/mol. The van der Waals surface area contributed by atoms with E-state index in [1.54, 1.807) is 4.90 Å². The molecule has 1 aliphatic heterocycles. The fourth-order valence-corrected chi connectivity index (χ4v) is 3.22. The number of hydrogen-bond acceptors (Lipinski definition) is 5. The normalized spacial score (nSPS) is 14.5. The summed E-state index contributed by atoms with van der Waals surface area (Å²) in [6.45, 7) is 8.53. The number of rotatable bonds is 5. The molecule has 2 aromatic rings. The zero-order valence-corrected chi connectivity index (χ0v) is 17.0. The van der Waals surface area contributed by atoms with Crippen molar-refractivity contribution in [3.8, 4) is 5.75 Å². The number of halogens is 2. The Kier molecular flexibility index (Phi) is 6.34. The van der Waals surface area contributed by atoms with Crippen LogP contribution in [0.25, 0.3) is 0 Å². The van der Waals surface area contributed by atoms with E-state index in [0.29, 0.717) is 31.9 Å². The number of hydrogen-bond donors (Lipinski definition) is 0. The number of carbonyl (C=O) groups is 1. The molecule has 3 rings (SSSR count). The van der Waals surface area contributed by atoms with Crippen molar-refractivity contribution in [2.75, 3.05) is 37.7 Å².